The van der Waals surface area contributed by atoms with Crippen LogP contribution in [0.5, 0.6) is 5.75 Å². The molecule has 1 aromatic carbocycles. The molecule has 3 aromatic heterocycles. The molecule has 11 nitrogen and oxygen atoms in total. The Morgan fingerprint density at radius 1 is 1.08 bits per heavy atom. The van der Waals surface area contributed by atoms with Crippen LogP contribution < -0.4 is 15.4 Å². The van der Waals surface area contributed by atoms with Gasteiger partial charge in [-0.1, -0.05) is 18.9 Å². The number of hydrogen-bond acceptors (Lipinski definition) is 8. The Morgan fingerprint density at radius 3 is 2.62 bits per heavy atom. The number of hydrogen-bond donors (Lipinski definition) is 4. The number of unbranched alkanes of at least 4 members (excludes halogenated alkanes) is 1. The largest absolute Gasteiger partial charge is 0.497 e. The van der Waals surface area contributed by atoms with Crippen LogP contribution in [0.4, 0.5) is 11.8 Å². The van der Waals surface area contributed by atoms with Crippen molar-refractivity contribution in [3.8, 4) is 28.3 Å². The number of phosphoric acid groups is 1. The van der Waals surface area contributed by atoms with Gasteiger partial charge in [0.2, 0.25) is 5.95 Å². The maximum atomic E-state index is 10.9. The quantitative estimate of drug-likeness (QED) is 0.138. The number of rotatable bonds is 12. The molecule has 3 heterocycles. The monoisotopic (exact) mass is 552 g/mol. The molecule has 1 fully saturated rings. The lowest BCUT2D eigenvalue weighted by atomic mass is 10.0. The van der Waals surface area contributed by atoms with Gasteiger partial charge in [0.1, 0.15) is 17.3 Å². The van der Waals surface area contributed by atoms with Crippen molar-refractivity contribution in [3.05, 3.63) is 54.7 Å². The van der Waals surface area contributed by atoms with Gasteiger partial charge in [0.05, 0.1) is 30.5 Å². The minimum atomic E-state index is -4.44. The zero-order valence-electron chi connectivity index (χ0n) is 21.8. The smallest absolute Gasteiger partial charge is 0.469 e. The molecule has 0 unspecified atom stereocenters. The summed E-state index contributed by atoms with van der Waals surface area (Å²) in [6, 6.07) is 16.0. The number of ether oxygens (including phenoxy) is 1. The molecule has 4 N–H and O–H groups in total. The van der Waals surface area contributed by atoms with Crippen molar-refractivity contribution >= 4 is 25.1 Å². The summed E-state index contributed by atoms with van der Waals surface area (Å²) in [5.74, 6) is 2.17. The van der Waals surface area contributed by atoms with E-state index in [1.54, 1.807) is 13.3 Å². The fraction of sp³-hybridized carbons (Fsp3) is 0.370. The van der Waals surface area contributed by atoms with E-state index in [-0.39, 0.29) is 6.61 Å². The first-order valence-corrected chi connectivity index (χ1v) is 14.6. The number of phosphoric ester groups is 1. The minimum absolute atomic E-state index is 0.00533. The van der Waals surface area contributed by atoms with Crippen molar-refractivity contribution in [1.82, 2.24) is 19.6 Å². The van der Waals surface area contributed by atoms with Crippen LogP contribution in [0.1, 0.15) is 38.5 Å². The fourth-order valence-electron chi connectivity index (χ4n) is 4.85. The molecular formula is C27H33N6O5P. The summed E-state index contributed by atoms with van der Waals surface area (Å²) in [5, 5.41) is 11.9. The average molecular weight is 553 g/mol. The highest BCUT2D eigenvalue weighted by Gasteiger charge is 2.21. The zero-order valence-corrected chi connectivity index (χ0v) is 22.7. The van der Waals surface area contributed by atoms with E-state index >= 15 is 0 Å². The number of anilines is 2. The van der Waals surface area contributed by atoms with Gasteiger partial charge in [-0.15, -0.1) is 0 Å². The molecule has 0 spiro atoms. The SMILES string of the molecule is COc1ccc(-c2nn3c(NCCCCOP(=O)(O)O)cccc3c2-c2ccnc(NC3CCCC3)n2)cc1. The minimum Gasteiger partial charge on any atom is -0.497 e. The lowest BCUT2D eigenvalue weighted by Crippen LogP contribution is -2.16. The Labute approximate surface area is 226 Å². The third-order valence-corrected chi connectivity index (χ3v) is 7.28. The maximum Gasteiger partial charge on any atom is 0.469 e. The highest BCUT2D eigenvalue weighted by Crippen LogP contribution is 2.37. The summed E-state index contributed by atoms with van der Waals surface area (Å²) in [7, 11) is -2.80. The Hall–Kier alpha value is -3.50. The second-order valence-corrected chi connectivity index (χ2v) is 10.7. The summed E-state index contributed by atoms with van der Waals surface area (Å²) >= 11 is 0. The van der Waals surface area contributed by atoms with Crippen LogP contribution in [-0.4, -0.2) is 55.7 Å². The molecule has 0 bridgehead atoms. The molecule has 0 amide bonds. The topological polar surface area (TPSA) is 143 Å². The van der Waals surface area contributed by atoms with Crippen LogP contribution in [0.3, 0.4) is 0 Å². The average Bonchev–Trinajstić information content (AvgIpc) is 3.58. The van der Waals surface area contributed by atoms with Crippen LogP contribution in [0.15, 0.2) is 54.7 Å². The normalized spacial score (nSPS) is 14.1. The second kappa shape index (κ2) is 12.1. The van der Waals surface area contributed by atoms with Crippen LogP contribution in [0, 0.1) is 0 Å². The van der Waals surface area contributed by atoms with Crippen molar-refractivity contribution in [2.24, 2.45) is 0 Å². The van der Waals surface area contributed by atoms with Crippen LogP contribution in [-0.2, 0) is 9.09 Å². The molecule has 206 valence electrons. The number of nitrogens with zero attached hydrogens (tertiary/aromatic N) is 4. The first-order chi connectivity index (χ1) is 18.9. The predicted molar refractivity (Wildman–Crippen MR) is 150 cm³/mol. The Balaban J connectivity index is 1.46. The lowest BCUT2D eigenvalue weighted by Gasteiger charge is -2.12. The van der Waals surface area contributed by atoms with Crippen LogP contribution in [0.25, 0.3) is 28.0 Å². The summed E-state index contributed by atoms with van der Waals surface area (Å²) < 4.78 is 22.6. The van der Waals surface area contributed by atoms with Crippen molar-refractivity contribution in [2.45, 2.75) is 44.6 Å². The Bertz CT molecular complexity index is 1450. The van der Waals surface area contributed by atoms with Gasteiger partial charge < -0.3 is 25.2 Å². The third-order valence-electron chi connectivity index (χ3n) is 6.76. The highest BCUT2D eigenvalue weighted by molar-refractivity contribution is 7.46. The van der Waals surface area contributed by atoms with E-state index in [0.29, 0.717) is 31.4 Å². The predicted octanol–water partition coefficient (Wildman–Crippen LogP) is 5.12. The molecular weight excluding hydrogens is 519 g/mol. The summed E-state index contributed by atoms with van der Waals surface area (Å²) in [6.07, 6.45) is 7.65. The van der Waals surface area contributed by atoms with Crippen LogP contribution >= 0.6 is 7.82 Å². The summed E-state index contributed by atoms with van der Waals surface area (Å²) in [6.45, 7) is 0.578. The number of pyridine rings is 1. The molecule has 1 saturated carbocycles. The number of methoxy groups -OCH3 is 1. The molecule has 0 saturated heterocycles. The highest BCUT2D eigenvalue weighted by atomic mass is 31.2. The molecule has 4 aromatic rings. The Morgan fingerprint density at radius 2 is 1.87 bits per heavy atom. The first-order valence-electron chi connectivity index (χ1n) is 13.1. The van der Waals surface area contributed by atoms with E-state index in [1.165, 1.54) is 12.8 Å². The molecule has 0 aliphatic heterocycles. The van der Waals surface area contributed by atoms with Crippen molar-refractivity contribution in [1.29, 1.82) is 0 Å². The molecule has 0 radical (unpaired) electrons. The van der Waals surface area contributed by atoms with E-state index in [4.69, 9.17) is 24.6 Å². The zero-order chi connectivity index (χ0) is 27.2. The van der Waals surface area contributed by atoms with Gasteiger partial charge >= 0.3 is 7.82 Å². The van der Waals surface area contributed by atoms with Gasteiger partial charge in [0.15, 0.2) is 0 Å². The molecule has 39 heavy (non-hydrogen) atoms. The molecule has 1 aliphatic rings. The van der Waals surface area contributed by atoms with E-state index in [1.807, 2.05) is 53.0 Å². The standard InChI is InChI=1S/C27H33N6O5P/c1-37-21-13-11-19(12-14-21)26-25(22-15-17-29-27(31-22)30-20-7-2-3-8-20)23-9-6-10-24(33(23)32-26)28-16-4-5-18-38-39(34,35)36/h6,9-15,17,20,28H,2-5,7-8,16,18H2,1H3,(H,29,30,31)(H2,34,35,36). The second-order valence-electron chi connectivity index (χ2n) is 9.51. The van der Waals surface area contributed by atoms with E-state index in [9.17, 15) is 4.57 Å². The van der Waals surface area contributed by atoms with Crippen molar-refractivity contribution in [3.63, 3.8) is 0 Å². The van der Waals surface area contributed by atoms with Gasteiger partial charge in [-0.3, -0.25) is 4.52 Å². The fourth-order valence-corrected chi connectivity index (χ4v) is 5.22. The van der Waals surface area contributed by atoms with Crippen LogP contribution in [0.2, 0.25) is 0 Å². The van der Waals surface area contributed by atoms with E-state index in [2.05, 4.69) is 20.1 Å². The summed E-state index contributed by atoms with van der Waals surface area (Å²) in [4.78, 5) is 27.1. The molecule has 5 rings (SSSR count). The molecule has 1 aliphatic carbocycles. The van der Waals surface area contributed by atoms with E-state index < -0.39 is 7.82 Å². The van der Waals surface area contributed by atoms with E-state index in [0.717, 1.165) is 52.4 Å². The number of aromatic nitrogens is 4. The third kappa shape index (κ3) is 6.75. The van der Waals surface area contributed by atoms with Gasteiger partial charge in [0.25, 0.3) is 0 Å². The first kappa shape index (κ1) is 27.1. The van der Waals surface area contributed by atoms with Gasteiger partial charge in [0, 0.05) is 24.3 Å². The maximum absolute atomic E-state index is 10.9. The lowest BCUT2D eigenvalue weighted by molar-refractivity contribution is 0.194. The summed E-state index contributed by atoms with van der Waals surface area (Å²) in [5.41, 5.74) is 4.28. The van der Waals surface area contributed by atoms with Gasteiger partial charge in [-0.2, -0.15) is 5.10 Å². The van der Waals surface area contributed by atoms with Gasteiger partial charge in [-0.05, 0) is 68.1 Å². The van der Waals surface area contributed by atoms with Gasteiger partial charge in [-0.25, -0.2) is 19.0 Å². The Kier molecular flexibility index (Phi) is 8.42. The number of benzene rings is 1. The van der Waals surface area contributed by atoms with Crippen molar-refractivity contribution in [2.75, 3.05) is 30.9 Å². The molecule has 12 heteroatoms. The number of nitrogens with one attached hydrogen (secondary N) is 2. The van der Waals surface area contributed by atoms with Crippen molar-refractivity contribution < 1.29 is 23.6 Å². The number of fused-ring (bicyclic) bond motifs is 1. The molecule has 0 atom stereocenters.